The minimum Gasteiger partial charge on any atom is -0.488 e. The van der Waals surface area contributed by atoms with Crippen LogP contribution >= 0.6 is 0 Å². The Balaban J connectivity index is 1.34. The van der Waals surface area contributed by atoms with E-state index in [4.69, 9.17) is 9.47 Å². The van der Waals surface area contributed by atoms with Gasteiger partial charge in [0.1, 0.15) is 36.0 Å². The molecule has 11 heteroatoms. The number of hydrogen-bond donors (Lipinski definition) is 2. The van der Waals surface area contributed by atoms with Gasteiger partial charge in [0.15, 0.2) is 11.6 Å². The van der Waals surface area contributed by atoms with Crippen LogP contribution in [0, 0.1) is 11.6 Å². The summed E-state index contributed by atoms with van der Waals surface area (Å²) in [5.74, 6) is -3.07. The number of fused-ring (bicyclic) bond motifs is 2. The summed E-state index contributed by atoms with van der Waals surface area (Å²) in [6.07, 6.45) is -0.476. The highest BCUT2D eigenvalue weighted by Crippen LogP contribution is 2.31. The molecular formula is C21H17F2N5O4. The molecule has 0 saturated carbocycles. The minimum absolute atomic E-state index is 0.141. The van der Waals surface area contributed by atoms with Crippen LogP contribution < -0.4 is 15.4 Å². The van der Waals surface area contributed by atoms with Gasteiger partial charge in [-0.2, -0.15) is 0 Å². The number of halogens is 2. The first-order chi connectivity index (χ1) is 15.5. The van der Waals surface area contributed by atoms with E-state index < -0.39 is 35.6 Å². The molecule has 0 bridgehead atoms. The number of benzene rings is 2. The molecule has 0 radical (unpaired) electrons. The molecule has 5 rings (SSSR count). The summed E-state index contributed by atoms with van der Waals surface area (Å²) in [6, 6.07) is 9.83. The van der Waals surface area contributed by atoms with Gasteiger partial charge in [0, 0.05) is 12.1 Å². The lowest BCUT2D eigenvalue weighted by Gasteiger charge is -2.22. The van der Waals surface area contributed by atoms with E-state index in [0.717, 1.165) is 11.6 Å². The zero-order valence-corrected chi connectivity index (χ0v) is 16.5. The normalized spacial score (nSPS) is 19.8. The van der Waals surface area contributed by atoms with Crippen molar-refractivity contribution in [3.05, 3.63) is 71.3 Å². The summed E-state index contributed by atoms with van der Waals surface area (Å²) >= 11 is 0. The highest BCUT2D eigenvalue weighted by Gasteiger charge is 2.32. The molecule has 9 nitrogen and oxygen atoms in total. The molecule has 3 aromatic rings. The standard InChI is InChI=1S/C21H17F2N5O4/c22-12-8-13(23)16-15(9-12)32-10-14(20(29)25-16)24-21(30)18-26-19-17(11-4-2-1-3-5-11)31-7-6-28(19)27-18/h1-5,8-9,14,17H,6-7,10H2,(H,24,30)(H,25,29)/t14-,17-/m0/s1. The number of ether oxygens (including phenoxy) is 2. The third-order valence-electron chi connectivity index (χ3n) is 5.12. The lowest BCUT2D eigenvalue weighted by molar-refractivity contribution is -0.118. The van der Waals surface area contributed by atoms with Crippen molar-refractivity contribution >= 4 is 17.5 Å². The van der Waals surface area contributed by atoms with Gasteiger partial charge in [-0.05, 0) is 5.56 Å². The molecule has 0 saturated heterocycles. The first-order valence-electron chi connectivity index (χ1n) is 9.84. The zero-order valence-electron chi connectivity index (χ0n) is 16.5. The van der Waals surface area contributed by atoms with E-state index in [1.807, 2.05) is 30.3 Å². The van der Waals surface area contributed by atoms with Crippen LogP contribution in [-0.4, -0.2) is 45.8 Å². The van der Waals surface area contributed by atoms with Gasteiger partial charge in [-0.15, -0.1) is 5.10 Å². The van der Waals surface area contributed by atoms with Crippen LogP contribution in [0.5, 0.6) is 5.75 Å². The molecule has 0 unspecified atom stereocenters. The van der Waals surface area contributed by atoms with Crippen LogP contribution in [0.3, 0.4) is 0 Å². The number of rotatable bonds is 3. The van der Waals surface area contributed by atoms with Crippen LogP contribution in [0.4, 0.5) is 14.5 Å². The first kappa shape index (κ1) is 20.1. The van der Waals surface area contributed by atoms with E-state index in [1.54, 1.807) is 4.68 Å². The number of amides is 2. The quantitative estimate of drug-likeness (QED) is 0.642. The molecule has 0 spiro atoms. The van der Waals surface area contributed by atoms with Gasteiger partial charge in [-0.3, -0.25) is 9.59 Å². The van der Waals surface area contributed by atoms with Gasteiger partial charge in [0.25, 0.3) is 11.8 Å². The Bertz CT molecular complexity index is 1200. The SMILES string of the molecule is O=C(N[C@H]1COc2cc(F)cc(F)c2NC1=O)c1nc2n(n1)CCO[C@H]2c1ccccc1. The summed E-state index contributed by atoms with van der Waals surface area (Å²) in [4.78, 5) is 29.6. The maximum atomic E-state index is 14.0. The van der Waals surface area contributed by atoms with Crippen molar-refractivity contribution in [2.24, 2.45) is 0 Å². The third-order valence-corrected chi connectivity index (χ3v) is 5.12. The molecule has 2 amide bonds. The molecule has 32 heavy (non-hydrogen) atoms. The maximum Gasteiger partial charge on any atom is 0.291 e. The van der Waals surface area contributed by atoms with Gasteiger partial charge in [0.2, 0.25) is 5.82 Å². The number of carbonyl (C=O) groups excluding carboxylic acids is 2. The first-order valence-corrected chi connectivity index (χ1v) is 9.84. The highest BCUT2D eigenvalue weighted by molar-refractivity contribution is 6.01. The second-order valence-electron chi connectivity index (χ2n) is 7.27. The molecule has 164 valence electrons. The average molecular weight is 441 g/mol. The Morgan fingerprint density at radius 2 is 2.03 bits per heavy atom. The van der Waals surface area contributed by atoms with E-state index >= 15 is 0 Å². The van der Waals surface area contributed by atoms with Crippen LogP contribution in [0.15, 0.2) is 42.5 Å². The lowest BCUT2D eigenvalue weighted by Crippen LogP contribution is -2.46. The molecule has 2 aromatic carbocycles. The smallest absolute Gasteiger partial charge is 0.291 e. The molecular weight excluding hydrogens is 424 g/mol. The van der Waals surface area contributed by atoms with E-state index in [-0.39, 0.29) is 23.9 Å². The van der Waals surface area contributed by atoms with Gasteiger partial charge >= 0.3 is 0 Å². The fourth-order valence-electron chi connectivity index (χ4n) is 3.59. The molecule has 0 fully saturated rings. The van der Waals surface area contributed by atoms with Crippen molar-refractivity contribution in [2.45, 2.75) is 18.7 Å². The number of aromatic nitrogens is 3. The topological polar surface area (TPSA) is 107 Å². The number of nitrogens with zero attached hydrogens (tertiary/aromatic N) is 3. The summed E-state index contributed by atoms with van der Waals surface area (Å²) in [7, 11) is 0. The molecule has 2 aliphatic rings. The van der Waals surface area contributed by atoms with Crippen molar-refractivity contribution in [1.29, 1.82) is 0 Å². The number of hydrogen-bond acceptors (Lipinski definition) is 6. The van der Waals surface area contributed by atoms with Crippen LogP contribution in [0.25, 0.3) is 0 Å². The van der Waals surface area contributed by atoms with Gasteiger partial charge in [-0.1, -0.05) is 30.3 Å². The Labute approximate surface area is 180 Å². The summed E-state index contributed by atoms with van der Waals surface area (Å²) in [6.45, 7) is 0.499. The van der Waals surface area contributed by atoms with Gasteiger partial charge < -0.3 is 20.1 Å². The third kappa shape index (κ3) is 3.66. The molecule has 0 aliphatic carbocycles. The van der Waals surface area contributed by atoms with Crippen LogP contribution in [0.2, 0.25) is 0 Å². The number of carbonyl (C=O) groups is 2. The van der Waals surface area contributed by atoms with Gasteiger partial charge in [-0.25, -0.2) is 18.4 Å². The average Bonchev–Trinajstić information content (AvgIpc) is 3.17. The summed E-state index contributed by atoms with van der Waals surface area (Å²) < 4.78 is 40.2. The van der Waals surface area contributed by atoms with Crippen LogP contribution in [0.1, 0.15) is 28.1 Å². The number of anilines is 1. The predicted octanol–water partition coefficient (Wildman–Crippen LogP) is 1.81. The Kier molecular flexibility index (Phi) is 5.02. The fourth-order valence-corrected chi connectivity index (χ4v) is 3.59. The minimum atomic E-state index is -1.17. The van der Waals surface area contributed by atoms with Crippen molar-refractivity contribution in [3.63, 3.8) is 0 Å². The van der Waals surface area contributed by atoms with Crippen molar-refractivity contribution in [1.82, 2.24) is 20.1 Å². The van der Waals surface area contributed by atoms with Crippen LogP contribution in [-0.2, 0) is 16.1 Å². The van der Waals surface area contributed by atoms with Crippen molar-refractivity contribution in [2.75, 3.05) is 18.5 Å². The largest absolute Gasteiger partial charge is 0.488 e. The molecule has 1 aromatic heterocycles. The Morgan fingerprint density at radius 1 is 1.22 bits per heavy atom. The van der Waals surface area contributed by atoms with Crippen molar-refractivity contribution in [3.8, 4) is 5.75 Å². The Morgan fingerprint density at radius 3 is 2.84 bits per heavy atom. The zero-order chi connectivity index (χ0) is 22.2. The molecule has 2 aliphatic heterocycles. The Hall–Kier alpha value is -3.86. The second kappa shape index (κ2) is 8.00. The predicted molar refractivity (Wildman–Crippen MR) is 106 cm³/mol. The summed E-state index contributed by atoms with van der Waals surface area (Å²) in [5, 5.41) is 9.04. The lowest BCUT2D eigenvalue weighted by atomic mass is 10.1. The van der Waals surface area contributed by atoms with E-state index in [9.17, 15) is 18.4 Å². The van der Waals surface area contributed by atoms with E-state index in [0.29, 0.717) is 25.0 Å². The number of nitrogens with one attached hydrogen (secondary N) is 2. The van der Waals surface area contributed by atoms with Gasteiger partial charge in [0.05, 0.1) is 13.2 Å². The van der Waals surface area contributed by atoms with Crippen molar-refractivity contribution < 1.29 is 27.8 Å². The highest BCUT2D eigenvalue weighted by atomic mass is 19.1. The monoisotopic (exact) mass is 441 g/mol. The fraction of sp³-hybridized carbons (Fsp3) is 0.238. The summed E-state index contributed by atoms with van der Waals surface area (Å²) in [5.41, 5.74) is 0.586. The van der Waals surface area contributed by atoms with E-state index in [2.05, 4.69) is 20.7 Å². The van der Waals surface area contributed by atoms with E-state index in [1.165, 1.54) is 0 Å². The molecule has 2 N–H and O–H groups in total. The second-order valence-corrected chi connectivity index (χ2v) is 7.27. The molecule has 3 heterocycles. The molecule has 2 atom stereocenters. The maximum absolute atomic E-state index is 14.0.